The standard InChI is InChI=1S/C15H19N5O2/c1-3-13(21)20-6-4-5-11(9-20)14-18-19-15(22-14)12-7-16-10(2)17-8-12/h7-8,11H,3-6,9H2,1-2H3/t11-/m1/s1. The van der Waals surface area contributed by atoms with Gasteiger partial charge in [0.1, 0.15) is 5.82 Å². The second-order valence-electron chi connectivity index (χ2n) is 5.50. The maximum atomic E-state index is 11.8. The van der Waals surface area contributed by atoms with Crippen LogP contribution in [-0.2, 0) is 4.79 Å². The number of rotatable bonds is 3. The first-order valence-corrected chi connectivity index (χ1v) is 7.57. The normalized spacial score (nSPS) is 18.5. The van der Waals surface area contributed by atoms with Crippen LogP contribution in [0.3, 0.4) is 0 Å². The summed E-state index contributed by atoms with van der Waals surface area (Å²) >= 11 is 0. The van der Waals surface area contributed by atoms with E-state index in [1.807, 2.05) is 18.7 Å². The third-order valence-corrected chi connectivity index (χ3v) is 3.89. The van der Waals surface area contributed by atoms with Crippen LogP contribution in [0.25, 0.3) is 11.5 Å². The molecule has 2 aromatic heterocycles. The third kappa shape index (κ3) is 2.98. The van der Waals surface area contributed by atoms with Gasteiger partial charge in [-0.25, -0.2) is 9.97 Å². The monoisotopic (exact) mass is 301 g/mol. The lowest BCUT2D eigenvalue weighted by molar-refractivity contribution is -0.132. The molecule has 3 rings (SSSR count). The first-order chi connectivity index (χ1) is 10.7. The number of piperidine rings is 1. The van der Waals surface area contributed by atoms with Crippen molar-refractivity contribution in [2.45, 2.75) is 39.0 Å². The number of aryl methyl sites for hydroxylation is 1. The summed E-state index contributed by atoms with van der Waals surface area (Å²) in [7, 11) is 0. The predicted octanol–water partition coefficient (Wildman–Crippen LogP) is 1.95. The average molecular weight is 301 g/mol. The van der Waals surface area contributed by atoms with E-state index in [9.17, 15) is 4.79 Å². The minimum atomic E-state index is 0.108. The Kier molecular flexibility index (Phi) is 4.13. The van der Waals surface area contributed by atoms with Crippen molar-refractivity contribution in [3.63, 3.8) is 0 Å². The van der Waals surface area contributed by atoms with E-state index in [0.717, 1.165) is 19.4 Å². The van der Waals surface area contributed by atoms with Gasteiger partial charge in [-0.15, -0.1) is 10.2 Å². The molecule has 1 aliphatic rings. The Bertz CT molecular complexity index is 652. The van der Waals surface area contributed by atoms with Gasteiger partial charge in [-0.2, -0.15) is 0 Å². The van der Waals surface area contributed by atoms with Crippen LogP contribution >= 0.6 is 0 Å². The summed E-state index contributed by atoms with van der Waals surface area (Å²) in [6, 6.07) is 0. The van der Waals surface area contributed by atoms with Gasteiger partial charge in [-0.05, 0) is 19.8 Å². The lowest BCUT2D eigenvalue weighted by Crippen LogP contribution is -2.38. The number of hydrogen-bond donors (Lipinski definition) is 0. The molecule has 1 saturated heterocycles. The topological polar surface area (TPSA) is 85.0 Å². The Morgan fingerprint density at radius 1 is 1.36 bits per heavy atom. The molecule has 0 spiro atoms. The smallest absolute Gasteiger partial charge is 0.250 e. The van der Waals surface area contributed by atoms with Gasteiger partial charge in [-0.3, -0.25) is 4.79 Å². The molecule has 1 fully saturated rings. The molecule has 1 aliphatic heterocycles. The lowest BCUT2D eigenvalue weighted by atomic mass is 9.98. The molecular formula is C15H19N5O2. The van der Waals surface area contributed by atoms with E-state index in [2.05, 4.69) is 20.2 Å². The Morgan fingerprint density at radius 3 is 2.86 bits per heavy atom. The molecule has 3 heterocycles. The molecule has 0 saturated carbocycles. The summed E-state index contributed by atoms with van der Waals surface area (Å²) in [6.45, 7) is 5.17. The van der Waals surface area contributed by atoms with Crippen LogP contribution in [0, 0.1) is 6.92 Å². The van der Waals surface area contributed by atoms with Crippen molar-refractivity contribution < 1.29 is 9.21 Å². The van der Waals surface area contributed by atoms with E-state index in [-0.39, 0.29) is 11.8 Å². The molecule has 2 aromatic rings. The number of carbonyl (C=O) groups is 1. The number of amides is 1. The van der Waals surface area contributed by atoms with Gasteiger partial charge < -0.3 is 9.32 Å². The van der Waals surface area contributed by atoms with Crippen LogP contribution in [0.4, 0.5) is 0 Å². The summed E-state index contributed by atoms with van der Waals surface area (Å²) in [4.78, 5) is 22.0. The molecule has 1 amide bonds. The van der Waals surface area contributed by atoms with Gasteiger partial charge in [0, 0.05) is 31.9 Å². The quantitative estimate of drug-likeness (QED) is 0.861. The van der Waals surface area contributed by atoms with Gasteiger partial charge in [0.2, 0.25) is 11.8 Å². The van der Waals surface area contributed by atoms with Crippen molar-refractivity contribution >= 4 is 5.91 Å². The molecule has 0 radical (unpaired) electrons. The van der Waals surface area contributed by atoms with E-state index in [1.165, 1.54) is 0 Å². The van der Waals surface area contributed by atoms with Crippen molar-refractivity contribution in [1.82, 2.24) is 25.1 Å². The third-order valence-electron chi connectivity index (χ3n) is 3.89. The lowest BCUT2D eigenvalue weighted by Gasteiger charge is -2.30. The van der Waals surface area contributed by atoms with Gasteiger partial charge in [0.25, 0.3) is 5.89 Å². The molecule has 7 nitrogen and oxygen atoms in total. The first-order valence-electron chi connectivity index (χ1n) is 7.57. The molecule has 7 heteroatoms. The minimum absolute atomic E-state index is 0.108. The van der Waals surface area contributed by atoms with Crippen LogP contribution in [0.2, 0.25) is 0 Å². The zero-order valence-electron chi connectivity index (χ0n) is 12.8. The van der Waals surface area contributed by atoms with Crippen molar-refractivity contribution in [3.8, 4) is 11.5 Å². The van der Waals surface area contributed by atoms with Crippen LogP contribution in [0.1, 0.15) is 43.8 Å². The Labute approximate surface area is 128 Å². The highest BCUT2D eigenvalue weighted by Gasteiger charge is 2.27. The van der Waals surface area contributed by atoms with Gasteiger partial charge >= 0.3 is 0 Å². The fourth-order valence-corrected chi connectivity index (χ4v) is 2.65. The number of likely N-dealkylation sites (tertiary alicyclic amines) is 1. The summed E-state index contributed by atoms with van der Waals surface area (Å²) in [5, 5.41) is 8.23. The fraction of sp³-hybridized carbons (Fsp3) is 0.533. The Balaban J connectivity index is 1.75. The van der Waals surface area contributed by atoms with Crippen molar-refractivity contribution in [2.75, 3.05) is 13.1 Å². The van der Waals surface area contributed by atoms with E-state index in [1.54, 1.807) is 12.4 Å². The Morgan fingerprint density at radius 2 is 2.14 bits per heavy atom. The summed E-state index contributed by atoms with van der Waals surface area (Å²) in [6.07, 6.45) is 5.80. The molecule has 0 bridgehead atoms. The summed E-state index contributed by atoms with van der Waals surface area (Å²) < 4.78 is 5.77. The van der Waals surface area contributed by atoms with Crippen molar-refractivity contribution in [3.05, 3.63) is 24.1 Å². The fourth-order valence-electron chi connectivity index (χ4n) is 2.65. The zero-order chi connectivity index (χ0) is 15.5. The second-order valence-corrected chi connectivity index (χ2v) is 5.50. The minimum Gasteiger partial charge on any atom is -0.420 e. The van der Waals surface area contributed by atoms with E-state index in [0.29, 0.717) is 36.1 Å². The highest BCUT2D eigenvalue weighted by atomic mass is 16.4. The first kappa shape index (κ1) is 14.6. The number of nitrogens with zero attached hydrogens (tertiary/aromatic N) is 5. The second kappa shape index (κ2) is 6.21. The number of carbonyl (C=O) groups excluding carboxylic acids is 1. The van der Waals surface area contributed by atoms with Crippen LogP contribution in [0.15, 0.2) is 16.8 Å². The summed E-state index contributed by atoms with van der Waals surface area (Å²) in [5.41, 5.74) is 0.710. The van der Waals surface area contributed by atoms with E-state index < -0.39 is 0 Å². The predicted molar refractivity (Wildman–Crippen MR) is 78.9 cm³/mol. The number of aromatic nitrogens is 4. The largest absolute Gasteiger partial charge is 0.420 e. The molecule has 116 valence electrons. The SMILES string of the molecule is CCC(=O)N1CCC[C@@H](c2nnc(-c3cnc(C)nc3)o2)C1. The highest BCUT2D eigenvalue weighted by Crippen LogP contribution is 2.28. The average Bonchev–Trinajstić information content (AvgIpc) is 3.05. The van der Waals surface area contributed by atoms with Gasteiger partial charge in [0.05, 0.1) is 11.5 Å². The molecule has 1 atom stereocenters. The Hall–Kier alpha value is -2.31. The van der Waals surface area contributed by atoms with Crippen molar-refractivity contribution in [2.24, 2.45) is 0 Å². The zero-order valence-corrected chi connectivity index (χ0v) is 12.8. The molecule has 22 heavy (non-hydrogen) atoms. The molecule has 0 aromatic carbocycles. The summed E-state index contributed by atoms with van der Waals surface area (Å²) in [5.74, 6) is 2.00. The molecule has 0 aliphatic carbocycles. The molecular weight excluding hydrogens is 282 g/mol. The molecule has 0 unspecified atom stereocenters. The van der Waals surface area contributed by atoms with Gasteiger partial charge in [0.15, 0.2) is 0 Å². The van der Waals surface area contributed by atoms with Crippen molar-refractivity contribution in [1.29, 1.82) is 0 Å². The number of hydrogen-bond acceptors (Lipinski definition) is 6. The maximum absolute atomic E-state index is 11.8. The van der Waals surface area contributed by atoms with E-state index >= 15 is 0 Å². The maximum Gasteiger partial charge on any atom is 0.250 e. The van der Waals surface area contributed by atoms with Crippen LogP contribution in [0.5, 0.6) is 0 Å². The molecule has 0 N–H and O–H groups in total. The highest BCUT2D eigenvalue weighted by molar-refractivity contribution is 5.75. The van der Waals surface area contributed by atoms with Crippen LogP contribution in [-0.4, -0.2) is 44.1 Å². The van der Waals surface area contributed by atoms with E-state index in [4.69, 9.17) is 4.42 Å². The van der Waals surface area contributed by atoms with Crippen LogP contribution < -0.4 is 0 Å². The van der Waals surface area contributed by atoms with Gasteiger partial charge in [-0.1, -0.05) is 6.92 Å².